The topological polar surface area (TPSA) is 61.8 Å². The Morgan fingerprint density at radius 3 is 2.74 bits per heavy atom. The molecule has 2 aromatic rings. The van der Waals surface area contributed by atoms with Crippen molar-refractivity contribution in [2.45, 2.75) is 33.0 Å². The van der Waals surface area contributed by atoms with Crippen LogP contribution in [0.4, 0.5) is 5.82 Å². The molecule has 0 radical (unpaired) electrons. The van der Waals surface area contributed by atoms with E-state index in [0.717, 1.165) is 43.6 Å². The number of benzene rings is 1. The lowest BCUT2D eigenvalue weighted by Gasteiger charge is -2.32. The van der Waals surface area contributed by atoms with E-state index in [1.165, 1.54) is 11.1 Å². The van der Waals surface area contributed by atoms with Gasteiger partial charge < -0.3 is 20.3 Å². The number of anilines is 1. The molecule has 1 aliphatic rings. The second kappa shape index (κ2) is 9.37. The molecule has 1 aliphatic heterocycles. The van der Waals surface area contributed by atoms with Crippen molar-refractivity contribution in [3.8, 4) is 0 Å². The lowest BCUT2D eigenvalue weighted by molar-refractivity contribution is 0.0529. The number of ether oxygens (including phenoxy) is 1. The van der Waals surface area contributed by atoms with Gasteiger partial charge in [0.15, 0.2) is 5.96 Å². The molecule has 1 unspecified atom stereocenters. The molecular weight excluding hydrogens is 338 g/mol. The number of guanidine groups is 1. The number of nitrogens with one attached hydrogen (secondary N) is 2. The number of pyridine rings is 1. The molecule has 6 heteroatoms. The van der Waals surface area contributed by atoms with Crippen molar-refractivity contribution >= 4 is 11.8 Å². The van der Waals surface area contributed by atoms with Gasteiger partial charge in [0.05, 0.1) is 12.7 Å². The van der Waals surface area contributed by atoms with Crippen LogP contribution in [0, 0.1) is 6.92 Å². The van der Waals surface area contributed by atoms with Crippen LogP contribution in [0.1, 0.15) is 23.6 Å². The van der Waals surface area contributed by atoms with Crippen molar-refractivity contribution in [1.82, 2.24) is 15.6 Å². The zero-order chi connectivity index (χ0) is 19.1. The summed E-state index contributed by atoms with van der Waals surface area (Å²) in [6.07, 6.45) is 2.18. The fourth-order valence-electron chi connectivity index (χ4n) is 3.13. The van der Waals surface area contributed by atoms with Gasteiger partial charge in [-0.2, -0.15) is 0 Å². The first-order chi connectivity index (χ1) is 13.2. The average Bonchev–Trinajstić information content (AvgIpc) is 2.70. The Morgan fingerprint density at radius 1 is 1.22 bits per heavy atom. The standard InChI is InChI=1S/C21H29N5O/c1-16-6-4-5-7-19(16)14-25-21(22-3)24-13-18-8-9-20(23-12-18)26-10-11-27-17(2)15-26/h4-9,12,17H,10-11,13-15H2,1-3H3,(H2,22,24,25). The lowest BCUT2D eigenvalue weighted by atomic mass is 10.1. The molecule has 1 saturated heterocycles. The van der Waals surface area contributed by atoms with E-state index in [1.807, 2.05) is 6.20 Å². The lowest BCUT2D eigenvalue weighted by Crippen LogP contribution is -2.41. The predicted octanol–water partition coefficient (Wildman–Crippen LogP) is 2.48. The van der Waals surface area contributed by atoms with Gasteiger partial charge in [-0.3, -0.25) is 4.99 Å². The summed E-state index contributed by atoms with van der Waals surface area (Å²) in [5.74, 6) is 1.79. The van der Waals surface area contributed by atoms with Crippen LogP contribution >= 0.6 is 0 Å². The van der Waals surface area contributed by atoms with E-state index in [9.17, 15) is 0 Å². The number of rotatable bonds is 5. The third-order valence-corrected chi connectivity index (χ3v) is 4.77. The minimum Gasteiger partial charge on any atom is -0.375 e. The summed E-state index contributed by atoms with van der Waals surface area (Å²) < 4.78 is 5.59. The Bertz CT molecular complexity index is 759. The van der Waals surface area contributed by atoms with Crippen LogP contribution in [-0.2, 0) is 17.8 Å². The first-order valence-electron chi connectivity index (χ1n) is 9.46. The van der Waals surface area contributed by atoms with E-state index in [1.54, 1.807) is 7.05 Å². The third-order valence-electron chi connectivity index (χ3n) is 4.77. The van der Waals surface area contributed by atoms with Gasteiger partial charge in [0.2, 0.25) is 0 Å². The van der Waals surface area contributed by atoms with Crippen LogP contribution in [0.2, 0.25) is 0 Å². The summed E-state index contributed by atoms with van der Waals surface area (Å²) >= 11 is 0. The number of hydrogen-bond donors (Lipinski definition) is 2. The highest BCUT2D eigenvalue weighted by Gasteiger charge is 2.17. The maximum absolute atomic E-state index is 5.59. The second-order valence-electron chi connectivity index (χ2n) is 6.86. The van der Waals surface area contributed by atoms with Crippen molar-refractivity contribution in [3.63, 3.8) is 0 Å². The monoisotopic (exact) mass is 367 g/mol. The van der Waals surface area contributed by atoms with Gasteiger partial charge in [-0.15, -0.1) is 0 Å². The van der Waals surface area contributed by atoms with Gasteiger partial charge in [-0.05, 0) is 36.6 Å². The van der Waals surface area contributed by atoms with Crippen LogP contribution in [0.3, 0.4) is 0 Å². The van der Waals surface area contributed by atoms with Crippen LogP contribution in [0.25, 0.3) is 0 Å². The van der Waals surface area contributed by atoms with Crippen LogP contribution in [0.15, 0.2) is 47.6 Å². The summed E-state index contributed by atoms with van der Waals surface area (Å²) in [6, 6.07) is 12.6. The predicted molar refractivity (Wildman–Crippen MR) is 110 cm³/mol. The van der Waals surface area contributed by atoms with Crippen LogP contribution < -0.4 is 15.5 Å². The zero-order valence-electron chi connectivity index (χ0n) is 16.4. The number of aromatic nitrogens is 1. The van der Waals surface area contributed by atoms with E-state index < -0.39 is 0 Å². The van der Waals surface area contributed by atoms with E-state index in [-0.39, 0.29) is 6.10 Å². The number of nitrogens with zero attached hydrogens (tertiary/aromatic N) is 3. The van der Waals surface area contributed by atoms with Crippen LogP contribution in [0.5, 0.6) is 0 Å². The van der Waals surface area contributed by atoms with Crippen molar-refractivity contribution in [3.05, 3.63) is 59.3 Å². The quantitative estimate of drug-likeness (QED) is 0.628. The Balaban J connectivity index is 1.50. The maximum Gasteiger partial charge on any atom is 0.191 e. The average molecular weight is 367 g/mol. The Labute approximate surface area is 161 Å². The Morgan fingerprint density at radius 2 is 2.04 bits per heavy atom. The van der Waals surface area contributed by atoms with Crippen LogP contribution in [-0.4, -0.2) is 43.8 Å². The van der Waals surface area contributed by atoms with Crippen molar-refractivity contribution in [2.24, 2.45) is 4.99 Å². The summed E-state index contributed by atoms with van der Waals surface area (Å²) in [7, 11) is 1.79. The molecule has 0 spiro atoms. The van der Waals surface area contributed by atoms with Gasteiger partial charge >= 0.3 is 0 Å². The van der Waals surface area contributed by atoms with E-state index in [0.29, 0.717) is 6.54 Å². The van der Waals surface area contributed by atoms with E-state index in [4.69, 9.17) is 4.74 Å². The van der Waals surface area contributed by atoms with Gasteiger partial charge in [0.25, 0.3) is 0 Å². The molecule has 1 aromatic heterocycles. The molecular formula is C21H29N5O. The number of aryl methyl sites for hydroxylation is 1. The normalized spacial score (nSPS) is 17.7. The molecule has 0 bridgehead atoms. The molecule has 2 N–H and O–H groups in total. The third kappa shape index (κ3) is 5.44. The number of hydrogen-bond acceptors (Lipinski definition) is 4. The molecule has 0 aliphatic carbocycles. The largest absolute Gasteiger partial charge is 0.375 e. The number of aliphatic imine (C=N–C) groups is 1. The highest BCUT2D eigenvalue weighted by atomic mass is 16.5. The van der Waals surface area contributed by atoms with E-state index >= 15 is 0 Å². The van der Waals surface area contributed by atoms with Gasteiger partial charge in [0, 0.05) is 39.4 Å². The maximum atomic E-state index is 5.59. The highest BCUT2D eigenvalue weighted by molar-refractivity contribution is 5.79. The first kappa shape index (κ1) is 19.2. The highest BCUT2D eigenvalue weighted by Crippen LogP contribution is 2.15. The van der Waals surface area contributed by atoms with Crippen molar-refractivity contribution in [2.75, 3.05) is 31.6 Å². The fourth-order valence-corrected chi connectivity index (χ4v) is 3.13. The molecule has 6 nitrogen and oxygen atoms in total. The number of morpholine rings is 1. The SMILES string of the molecule is CN=C(NCc1ccc(N2CCOC(C)C2)nc1)NCc1ccccc1C. The van der Waals surface area contributed by atoms with Gasteiger partial charge in [0.1, 0.15) is 5.82 Å². The molecule has 0 amide bonds. The molecule has 1 aromatic carbocycles. The molecule has 2 heterocycles. The summed E-state index contributed by atoms with van der Waals surface area (Å²) in [4.78, 5) is 11.2. The smallest absolute Gasteiger partial charge is 0.191 e. The molecule has 144 valence electrons. The second-order valence-corrected chi connectivity index (χ2v) is 6.86. The Kier molecular flexibility index (Phi) is 6.65. The molecule has 0 saturated carbocycles. The molecule has 3 rings (SSSR count). The summed E-state index contributed by atoms with van der Waals surface area (Å²) in [6.45, 7) is 8.19. The molecule has 27 heavy (non-hydrogen) atoms. The minimum absolute atomic E-state index is 0.254. The van der Waals surface area contributed by atoms with Crippen molar-refractivity contribution < 1.29 is 4.74 Å². The first-order valence-corrected chi connectivity index (χ1v) is 9.46. The summed E-state index contributed by atoms with van der Waals surface area (Å²) in [5, 5.41) is 6.71. The summed E-state index contributed by atoms with van der Waals surface area (Å²) in [5.41, 5.74) is 3.67. The molecule has 1 fully saturated rings. The van der Waals surface area contributed by atoms with E-state index in [2.05, 4.69) is 75.8 Å². The van der Waals surface area contributed by atoms with Crippen molar-refractivity contribution in [1.29, 1.82) is 0 Å². The van der Waals surface area contributed by atoms with Gasteiger partial charge in [-0.25, -0.2) is 4.98 Å². The minimum atomic E-state index is 0.254. The zero-order valence-corrected chi connectivity index (χ0v) is 16.4. The van der Waals surface area contributed by atoms with Gasteiger partial charge in [-0.1, -0.05) is 30.3 Å². The molecule has 1 atom stereocenters. The fraction of sp³-hybridized carbons (Fsp3) is 0.429. The Hall–Kier alpha value is -2.60.